The van der Waals surface area contributed by atoms with Crippen molar-refractivity contribution in [1.82, 2.24) is 0 Å². The van der Waals surface area contributed by atoms with E-state index in [0.29, 0.717) is 19.6 Å². The second-order valence-electron chi connectivity index (χ2n) is 8.38. The standard InChI is InChI=1S/C30H20O7S2/c31-15-16-37-30(36)18-8-2-4-12-22(18)39-24-14-6-10-20-26(24)28(33)19-9-5-13-23(25(19)27(20)32)38-21-11-3-1-7-17(21)29(34)35/h1-14,31H,15-16H2,(H,34,35). The Morgan fingerprint density at radius 3 is 1.62 bits per heavy atom. The second-order valence-corrected chi connectivity index (χ2v) is 10.5. The van der Waals surface area contributed by atoms with Gasteiger partial charge < -0.3 is 14.9 Å². The fourth-order valence-electron chi connectivity index (χ4n) is 4.26. The lowest BCUT2D eigenvalue weighted by Gasteiger charge is -2.22. The highest BCUT2D eigenvalue weighted by Crippen LogP contribution is 2.42. The van der Waals surface area contributed by atoms with Crippen molar-refractivity contribution in [1.29, 1.82) is 0 Å². The molecule has 0 heterocycles. The van der Waals surface area contributed by atoms with Crippen LogP contribution in [0.2, 0.25) is 0 Å². The van der Waals surface area contributed by atoms with Crippen molar-refractivity contribution < 1.29 is 34.1 Å². The number of aromatic carboxylic acids is 1. The van der Waals surface area contributed by atoms with E-state index < -0.39 is 11.9 Å². The molecule has 0 bridgehead atoms. The van der Waals surface area contributed by atoms with Crippen LogP contribution >= 0.6 is 23.5 Å². The van der Waals surface area contributed by atoms with Gasteiger partial charge in [-0.25, -0.2) is 9.59 Å². The lowest BCUT2D eigenvalue weighted by Crippen LogP contribution is -2.22. The molecule has 0 spiro atoms. The van der Waals surface area contributed by atoms with E-state index >= 15 is 0 Å². The number of aliphatic hydroxyl groups excluding tert-OH is 1. The van der Waals surface area contributed by atoms with E-state index in [1.165, 1.54) is 17.8 Å². The molecule has 0 radical (unpaired) electrons. The molecule has 194 valence electrons. The summed E-state index contributed by atoms with van der Waals surface area (Å²) in [5.41, 5.74) is 1.32. The van der Waals surface area contributed by atoms with Gasteiger partial charge in [0.15, 0.2) is 11.6 Å². The Balaban J connectivity index is 1.54. The molecule has 4 aromatic rings. The molecule has 0 aromatic heterocycles. The third-order valence-electron chi connectivity index (χ3n) is 5.98. The SMILES string of the molecule is O=C(O)c1ccccc1Sc1cccc2c1C(=O)c1cccc(Sc3ccccc3C(=O)OCCO)c1C2=O. The topological polar surface area (TPSA) is 118 Å². The highest BCUT2D eigenvalue weighted by Gasteiger charge is 2.34. The molecule has 1 aliphatic rings. The van der Waals surface area contributed by atoms with E-state index in [-0.39, 0.29) is 58.2 Å². The number of hydrogen-bond acceptors (Lipinski definition) is 8. The zero-order chi connectivity index (χ0) is 27.5. The Morgan fingerprint density at radius 2 is 1.10 bits per heavy atom. The molecule has 0 atom stereocenters. The number of carbonyl (C=O) groups is 4. The van der Waals surface area contributed by atoms with Gasteiger partial charge in [0.25, 0.3) is 0 Å². The third-order valence-corrected chi connectivity index (χ3v) is 8.26. The number of fused-ring (bicyclic) bond motifs is 2. The average Bonchev–Trinajstić information content (AvgIpc) is 2.95. The van der Waals surface area contributed by atoms with E-state index in [1.54, 1.807) is 78.9 Å². The van der Waals surface area contributed by atoms with Crippen LogP contribution in [-0.2, 0) is 4.74 Å². The maximum absolute atomic E-state index is 13.8. The number of rotatable bonds is 8. The summed E-state index contributed by atoms with van der Waals surface area (Å²) < 4.78 is 5.08. The largest absolute Gasteiger partial charge is 0.478 e. The van der Waals surface area contributed by atoms with Gasteiger partial charge in [-0.3, -0.25) is 9.59 Å². The van der Waals surface area contributed by atoms with Crippen LogP contribution in [0.3, 0.4) is 0 Å². The van der Waals surface area contributed by atoms with E-state index in [1.807, 2.05) is 0 Å². The Kier molecular flexibility index (Phi) is 7.65. The van der Waals surface area contributed by atoms with Crippen LogP contribution in [0.5, 0.6) is 0 Å². The van der Waals surface area contributed by atoms with Crippen molar-refractivity contribution in [2.24, 2.45) is 0 Å². The van der Waals surface area contributed by atoms with Gasteiger partial charge in [0.1, 0.15) is 6.61 Å². The summed E-state index contributed by atoms with van der Waals surface area (Å²) in [5.74, 6) is -2.36. The van der Waals surface area contributed by atoms with E-state index in [9.17, 15) is 24.3 Å². The first kappa shape index (κ1) is 26.4. The Labute approximate surface area is 231 Å². The predicted octanol–water partition coefficient (Wildman–Crippen LogP) is 5.61. The van der Waals surface area contributed by atoms with Crippen molar-refractivity contribution in [2.75, 3.05) is 13.2 Å². The molecule has 1 aliphatic carbocycles. The fourth-order valence-corrected chi connectivity index (χ4v) is 6.45. The summed E-state index contributed by atoms with van der Waals surface area (Å²) in [5, 5.41) is 18.6. The van der Waals surface area contributed by atoms with Crippen LogP contribution in [0.25, 0.3) is 0 Å². The van der Waals surface area contributed by atoms with Gasteiger partial charge in [-0.15, -0.1) is 0 Å². The fraction of sp³-hybridized carbons (Fsp3) is 0.0667. The molecule has 5 rings (SSSR count). The molecule has 0 amide bonds. The van der Waals surface area contributed by atoms with Crippen LogP contribution in [0.15, 0.2) is 105 Å². The molecule has 7 nitrogen and oxygen atoms in total. The first-order valence-electron chi connectivity index (χ1n) is 11.8. The Hall–Kier alpha value is -4.18. The average molecular weight is 557 g/mol. The number of carbonyl (C=O) groups excluding carboxylic acids is 3. The van der Waals surface area contributed by atoms with Crippen molar-refractivity contribution in [2.45, 2.75) is 19.6 Å². The molecular formula is C30H20O7S2. The molecular weight excluding hydrogens is 536 g/mol. The first-order valence-corrected chi connectivity index (χ1v) is 13.4. The quantitative estimate of drug-likeness (QED) is 0.235. The van der Waals surface area contributed by atoms with Gasteiger partial charge in [0.2, 0.25) is 0 Å². The number of carboxylic acids is 1. The molecule has 2 N–H and O–H groups in total. The highest BCUT2D eigenvalue weighted by atomic mass is 32.2. The summed E-state index contributed by atoms with van der Waals surface area (Å²) in [6.45, 7) is -0.439. The summed E-state index contributed by atoms with van der Waals surface area (Å²) in [7, 11) is 0. The zero-order valence-electron chi connectivity index (χ0n) is 20.2. The minimum Gasteiger partial charge on any atom is -0.478 e. The van der Waals surface area contributed by atoms with Gasteiger partial charge in [0.05, 0.1) is 17.7 Å². The second kappa shape index (κ2) is 11.3. The minimum absolute atomic E-state index is 0.102. The monoisotopic (exact) mass is 556 g/mol. The first-order chi connectivity index (χ1) is 18.9. The summed E-state index contributed by atoms with van der Waals surface area (Å²) in [6, 6.07) is 23.2. The summed E-state index contributed by atoms with van der Waals surface area (Å²) in [6.07, 6.45) is 0. The van der Waals surface area contributed by atoms with Crippen molar-refractivity contribution in [3.05, 3.63) is 118 Å². The smallest absolute Gasteiger partial charge is 0.339 e. The molecule has 4 aromatic carbocycles. The normalized spacial score (nSPS) is 12.0. The van der Waals surface area contributed by atoms with Crippen molar-refractivity contribution in [3.8, 4) is 0 Å². The highest BCUT2D eigenvalue weighted by molar-refractivity contribution is 7.99. The van der Waals surface area contributed by atoms with Gasteiger partial charge in [-0.2, -0.15) is 0 Å². The molecule has 9 heteroatoms. The van der Waals surface area contributed by atoms with Crippen LogP contribution in [0.4, 0.5) is 0 Å². The molecule has 0 fully saturated rings. The Morgan fingerprint density at radius 1 is 0.641 bits per heavy atom. The molecule has 0 saturated carbocycles. The van der Waals surface area contributed by atoms with E-state index in [0.717, 1.165) is 11.8 Å². The third kappa shape index (κ3) is 5.12. The van der Waals surface area contributed by atoms with Crippen molar-refractivity contribution >= 4 is 47.0 Å². The minimum atomic E-state index is -1.09. The lowest BCUT2D eigenvalue weighted by molar-refractivity contribution is 0.0429. The molecule has 0 unspecified atom stereocenters. The summed E-state index contributed by atoms with van der Waals surface area (Å²) in [4.78, 5) is 53.8. The van der Waals surface area contributed by atoms with E-state index in [2.05, 4.69) is 0 Å². The van der Waals surface area contributed by atoms with Crippen LogP contribution in [0.1, 0.15) is 52.6 Å². The zero-order valence-corrected chi connectivity index (χ0v) is 21.9. The summed E-state index contributed by atoms with van der Waals surface area (Å²) >= 11 is 2.30. The van der Waals surface area contributed by atoms with Crippen LogP contribution in [-0.4, -0.2) is 46.9 Å². The van der Waals surface area contributed by atoms with Crippen LogP contribution < -0.4 is 0 Å². The maximum atomic E-state index is 13.8. The molecule has 0 aliphatic heterocycles. The van der Waals surface area contributed by atoms with Gasteiger partial charge >= 0.3 is 11.9 Å². The Bertz CT molecular complexity index is 1640. The predicted molar refractivity (Wildman–Crippen MR) is 145 cm³/mol. The van der Waals surface area contributed by atoms with Crippen LogP contribution in [0, 0.1) is 0 Å². The number of hydrogen-bond donors (Lipinski definition) is 2. The van der Waals surface area contributed by atoms with Gasteiger partial charge in [-0.05, 0) is 36.4 Å². The van der Waals surface area contributed by atoms with Gasteiger partial charge in [0, 0.05) is 41.8 Å². The van der Waals surface area contributed by atoms with Crippen molar-refractivity contribution in [3.63, 3.8) is 0 Å². The van der Waals surface area contributed by atoms with Gasteiger partial charge in [-0.1, -0.05) is 72.1 Å². The molecule has 39 heavy (non-hydrogen) atoms. The number of ether oxygens (including phenoxy) is 1. The number of benzene rings is 4. The number of aliphatic hydroxyl groups is 1. The number of esters is 1. The number of carboxylic acid groups (broad SMARTS) is 1. The maximum Gasteiger partial charge on any atom is 0.339 e. The van der Waals surface area contributed by atoms with E-state index in [4.69, 9.17) is 9.84 Å². The number of ketones is 2. The lowest BCUT2D eigenvalue weighted by atomic mass is 9.84. The molecule has 0 saturated heterocycles.